The number of aromatic nitrogens is 4. The first kappa shape index (κ1) is 15.9. The van der Waals surface area contributed by atoms with Gasteiger partial charge in [0.25, 0.3) is 5.56 Å². The van der Waals surface area contributed by atoms with Gasteiger partial charge in [0.1, 0.15) is 6.54 Å². The zero-order chi connectivity index (χ0) is 18.4. The summed E-state index contributed by atoms with van der Waals surface area (Å²) in [7, 11) is 2.66. The summed E-state index contributed by atoms with van der Waals surface area (Å²) in [5.74, 6) is 0.0195. The third-order valence-corrected chi connectivity index (χ3v) is 4.16. The van der Waals surface area contributed by atoms with Crippen molar-refractivity contribution in [2.75, 3.05) is 7.11 Å². The predicted octanol–water partition coefficient (Wildman–Crippen LogP) is 0.781. The predicted molar refractivity (Wildman–Crippen MR) is 91.9 cm³/mol. The quantitative estimate of drug-likeness (QED) is 0.504. The highest BCUT2D eigenvalue weighted by Gasteiger charge is 2.21. The number of oxazole rings is 1. The van der Waals surface area contributed by atoms with Crippen molar-refractivity contribution in [2.45, 2.75) is 6.54 Å². The van der Waals surface area contributed by atoms with E-state index < -0.39 is 23.8 Å². The summed E-state index contributed by atoms with van der Waals surface area (Å²) in [5.41, 5.74) is -0.138. The van der Waals surface area contributed by atoms with Crippen molar-refractivity contribution >= 4 is 23.0 Å². The Morgan fingerprint density at radius 1 is 1.23 bits per heavy atom. The van der Waals surface area contributed by atoms with Gasteiger partial charge < -0.3 is 9.15 Å². The van der Waals surface area contributed by atoms with Crippen LogP contribution >= 0.6 is 0 Å². The average molecular weight is 354 g/mol. The smallest absolute Gasteiger partial charge is 0.333 e. The first-order valence-electron chi connectivity index (χ1n) is 7.75. The second kappa shape index (κ2) is 5.73. The molecule has 0 aliphatic carbocycles. The molecule has 0 radical (unpaired) electrons. The minimum absolute atomic E-state index is 0.150. The molecule has 0 bridgehead atoms. The summed E-state index contributed by atoms with van der Waals surface area (Å²) in [6, 6.07) is 9.35. The summed E-state index contributed by atoms with van der Waals surface area (Å²) in [5, 5.41) is 0. The van der Waals surface area contributed by atoms with Crippen LogP contribution in [0.15, 0.2) is 50.5 Å². The van der Waals surface area contributed by atoms with E-state index in [-0.39, 0.29) is 17.0 Å². The van der Waals surface area contributed by atoms with Crippen LogP contribution < -0.4 is 11.2 Å². The lowest BCUT2D eigenvalue weighted by Crippen LogP contribution is -2.41. The van der Waals surface area contributed by atoms with E-state index in [0.717, 1.165) is 10.1 Å². The highest BCUT2D eigenvalue weighted by molar-refractivity contribution is 5.77. The van der Waals surface area contributed by atoms with Crippen LogP contribution in [0.1, 0.15) is 0 Å². The maximum Gasteiger partial charge on any atom is 0.333 e. The Morgan fingerprint density at radius 2 is 1.96 bits per heavy atom. The molecule has 132 valence electrons. The number of carbonyl (C=O) groups excluding carboxylic acids is 1. The molecular formula is C17H14N4O5. The highest BCUT2D eigenvalue weighted by Crippen LogP contribution is 2.24. The molecule has 0 saturated heterocycles. The Bertz CT molecular complexity index is 1260. The van der Waals surface area contributed by atoms with Crippen LogP contribution in [0.5, 0.6) is 0 Å². The molecule has 4 rings (SSSR count). The van der Waals surface area contributed by atoms with Crippen LogP contribution in [0.3, 0.4) is 0 Å². The van der Waals surface area contributed by atoms with Gasteiger partial charge in [0.2, 0.25) is 0 Å². The molecule has 1 aromatic carbocycles. The van der Waals surface area contributed by atoms with Crippen molar-refractivity contribution < 1.29 is 13.9 Å². The molecule has 4 aromatic rings. The molecule has 9 nitrogen and oxygen atoms in total. The van der Waals surface area contributed by atoms with Crippen molar-refractivity contribution in [1.29, 1.82) is 0 Å². The van der Waals surface area contributed by atoms with Crippen molar-refractivity contribution in [1.82, 2.24) is 18.5 Å². The highest BCUT2D eigenvalue weighted by atomic mass is 16.5. The van der Waals surface area contributed by atoms with E-state index in [1.165, 1.54) is 23.1 Å². The van der Waals surface area contributed by atoms with Crippen LogP contribution in [0.25, 0.3) is 28.3 Å². The van der Waals surface area contributed by atoms with Gasteiger partial charge >= 0.3 is 17.5 Å². The molecule has 0 atom stereocenters. The molecule has 0 fully saturated rings. The van der Waals surface area contributed by atoms with Gasteiger partial charge in [-0.25, -0.2) is 9.36 Å². The molecule has 0 unspecified atom stereocenters. The molecule has 3 aromatic heterocycles. The van der Waals surface area contributed by atoms with Crippen molar-refractivity contribution in [2.24, 2.45) is 7.05 Å². The van der Waals surface area contributed by atoms with E-state index in [1.807, 2.05) is 30.3 Å². The van der Waals surface area contributed by atoms with Crippen molar-refractivity contribution in [3.8, 4) is 11.3 Å². The Labute approximate surface area is 145 Å². The second-order valence-corrected chi connectivity index (χ2v) is 5.71. The number of esters is 1. The SMILES string of the molecule is COC(=O)Cn1c(=O)c2c(nc3oc(-c4ccccc4)cn32)n(C)c1=O. The lowest BCUT2D eigenvalue weighted by molar-refractivity contribution is -0.141. The zero-order valence-corrected chi connectivity index (χ0v) is 14.0. The number of rotatable bonds is 3. The van der Waals surface area contributed by atoms with E-state index in [4.69, 9.17) is 4.42 Å². The maximum absolute atomic E-state index is 12.8. The first-order valence-corrected chi connectivity index (χ1v) is 7.75. The summed E-state index contributed by atoms with van der Waals surface area (Å²) in [6.07, 6.45) is 1.63. The first-order chi connectivity index (χ1) is 12.5. The summed E-state index contributed by atoms with van der Waals surface area (Å²) >= 11 is 0. The van der Waals surface area contributed by atoms with Crippen LogP contribution in [0, 0.1) is 0 Å². The van der Waals surface area contributed by atoms with Gasteiger partial charge in [-0.1, -0.05) is 30.3 Å². The molecule has 9 heteroatoms. The maximum atomic E-state index is 12.8. The molecule has 3 heterocycles. The Kier molecular flexibility index (Phi) is 3.50. The van der Waals surface area contributed by atoms with Gasteiger partial charge in [0.05, 0.1) is 13.3 Å². The monoisotopic (exact) mass is 354 g/mol. The fraction of sp³-hybridized carbons (Fsp3) is 0.176. The van der Waals surface area contributed by atoms with Gasteiger partial charge in [-0.3, -0.25) is 18.6 Å². The number of imidazole rings is 1. The minimum Gasteiger partial charge on any atom is -0.468 e. The van der Waals surface area contributed by atoms with E-state index >= 15 is 0 Å². The average Bonchev–Trinajstić information content (AvgIpc) is 3.22. The van der Waals surface area contributed by atoms with Crippen LogP contribution in [-0.2, 0) is 23.1 Å². The van der Waals surface area contributed by atoms with Gasteiger partial charge in [-0.15, -0.1) is 0 Å². The van der Waals surface area contributed by atoms with Gasteiger partial charge in [-0.05, 0) is 0 Å². The Morgan fingerprint density at radius 3 is 2.65 bits per heavy atom. The van der Waals surface area contributed by atoms with E-state index in [2.05, 4.69) is 9.72 Å². The number of aryl methyl sites for hydroxylation is 1. The zero-order valence-electron chi connectivity index (χ0n) is 14.0. The number of benzene rings is 1. The molecular weight excluding hydrogens is 340 g/mol. The summed E-state index contributed by atoms with van der Waals surface area (Å²) in [6.45, 7) is -0.478. The Hall–Kier alpha value is -3.62. The molecule has 0 amide bonds. The molecule has 0 N–H and O–H groups in total. The lowest BCUT2D eigenvalue weighted by atomic mass is 10.2. The topological polar surface area (TPSA) is 101 Å². The second-order valence-electron chi connectivity index (χ2n) is 5.71. The molecule has 0 aliphatic rings. The van der Waals surface area contributed by atoms with Crippen LogP contribution in [-0.4, -0.2) is 31.6 Å². The largest absolute Gasteiger partial charge is 0.468 e. The van der Waals surface area contributed by atoms with E-state index in [9.17, 15) is 14.4 Å². The van der Waals surface area contributed by atoms with E-state index in [0.29, 0.717) is 5.76 Å². The van der Waals surface area contributed by atoms with Gasteiger partial charge in [0.15, 0.2) is 16.9 Å². The Balaban J connectivity index is 2.01. The van der Waals surface area contributed by atoms with Crippen molar-refractivity contribution in [3.05, 3.63) is 57.4 Å². The number of hydrogen-bond donors (Lipinski definition) is 0. The number of methoxy groups -OCH3 is 1. The fourth-order valence-corrected chi connectivity index (χ4v) is 2.82. The number of hydrogen-bond acceptors (Lipinski definition) is 6. The molecule has 26 heavy (non-hydrogen) atoms. The summed E-state index contributed by atoms with van der Waals surface area (Å²) in [4.78, 5) is 41.0. The molecule has 0 saturated carbocycles. The standard InChI is InChI=1S/C17H14N4O5/c1-19-14-13(15(23)21(17(19)24)9-12(22)25-2)20-8-11(26-16(20)18-14)10-6-4-3-5-7-10/h3-8H,9H2,1-2H3. The fourth-order valence-electron chi connectivity index (χ4n) is 2.82. The minimum atomic E-state index is -0.693. The van der Waals surface area contributed by atoms with Gasteiger partial charge in [0, 0.05) is 12.6 Å². The van der Waals surface area contributed by atoms with Crippen LogP contribution in [0.2, 0.25) is 0 Å². The summed E-state index contributed by atoms with van der Waals surface area (Å²) < 4.78 is 13.8. The van der Waals surface area contributed by atoms with Crippen molar-refractivity contribution in [3.63, 3.8) is 0 Å². The molecule has 0 spiro atoms. The lowest BCUT2D eigenvalue weighted by Gasteiger charge is -2.06. The number of carbonyl (C=O) groups is 1. The normalized spacial score (nSPS) is 11.3. The number of nitrogens with zero attached hydrogens (tertiary/aromatic N) is 4. The number of ether oxygens (including phenoxy) is 1. The third kappa shape index (κ3) is 2.25. The van der Waals surface area contributed by atoms with Crippen LogP contribution in [0.4, 0.5) is 0 Å². The number of fused-ring (bicyclic) bond motifs is 3. The third-order valence-electron chi connectivity index (χ3n) is 4.16. The van der Waals surface area contributed by atoms with Gasteiger partial charge in [-0.2, -0.15) is 4.98 Å². The molecule has 0 aliphatic heterocycles. The van der Waals surface area contributed by atoms with E-state index in [1.54, 1.807) is 6.20 Å².